The lowest BCUT2D eigenvalue weighted by Gasteiger charge is -2.05. The fourth-order valence-electron chi connectivity index (χ4n) is 1.69. The third-order valence-electron chi connectivity index (χ3n) is 2.88. The molecule has 0 saturated heterocycles. The highest BCUT2D eigenvalue weighted by Gasteiger charge is 2.02. The van der Waals surface area contributed by atoms with Crippen LogP contribution in [0.3, 0.4) is 0 Å². The monoisotopic (exact) mass is 273 g/mol. The fraction of sp³-hybridized carbons (Fsp3) is 0.333. The minimum Gasteiger partial charge on any atom is -0.313 e. The Morgan fingerprint density at radius 3 is 2.58 bits per heavy atom. The Morgan fingerprint density at radius 1 is 1.16 bits per heavy atom. The molecule has 0 saturated carbocycles. The van der Waals surface area contributed by atoms with Crippen molar-refractivity contribution < 1.29 is 0 Å². The van der Waals surface area contributed by atoms with Crippen LogP contribution in [0.15, 0.2) is 41.8 Å². The summed E-state index contributed by atoms with van der Waals surface area (Å²) in [6, 6.07) is 8.43. The number of aryl methyl sites for hydroxylation is 1. The summed E-state index contributed by atoms with van der Waals surface area (Å²) in [5, 5.41) is 4.10. The molecule has 0 atom stereocenters. The zero-order valence-electron chi connectivity index (χ0n) is 11.4. The molecule has 2 aromatic rings. The predicted octanol–water partition coefficient (Wildman–Crippen LogP) is 3.19. The van der Waals surface area contributed by atoms with Crippen LogP contribution in [0.1, 0.15) is 23.6 Å². The molecule has 100 valence electrons. The molecule has 19 heavy (non-hydrogen) atoms. The van der Waals surface area contributed by atoms with Crippen LogP contribution >= 0.6 is 11.8 Å². The number of hydrogen-bond acceptors (Lipinski definition) is 4. The van der Waals surface area contributed by atoms with E-state index in [1.165, 1.54) is 11.1 Å². The maximum absolute atomic E-state index is 4.39. The first-order valence-corrected chi connectivity index (χ1v) is 7.47. The lowest BCUT2D eigenvalue weighted by Crippen LogP contribution is -2.12. The molecule has 0 aliphatic rings. The SMILES string of the molecule is CCNCc1cnc(SCc2ccccc2C)nc1. The first-order chi connectivity index (χ1) is 9.29. The maximum atomic E-state index is 4.39. The Labute approximate surface area is 118 Å². The van der Waals surface area contributed by atoms with E-state index in [2.05, 4.69) is 53.4 Å². The quantitative estimate of drug-likeness (QED) is 0.648. The highest BCUT2D eigenvalue weighted by molar-refractivity contribution is 7.98. The van der Waals surface area contributed by atoms with Crippen LogP contribution < -0.4 is 5.32 Å². The van der Waals surface area contributed by atoms with E-state index in [1.807, 2.05) is 12.4 Å². The van der Waals surface area contributed by atoms with Gasteiger partial charge in [0.2, 0.25) is 0 Å². The van der Waals surface area contributed by atoms with Crippen LogP contribution in [0.2, 0.25) is 0 Å². The number of thioether (sulfide) groups is 1. The first kappa shape index (κ1) is 14.0. The molecule has 1 aromatic heterocycles. The molecule has 1 N–H and O–H groups in total. The van der Waals surface area contributed by atoms with E-state index in [4.69, 9.17) is 0 Å². The standard InChI is InChI=1S/C15H19N3S/c1-3-16-8-13-9-17-15(18-10-13)19-11-14-7-5-4-6-12(14)2/h4-7,9-10,16H,3,8,11H2,1-2H3. The van der Waals surface area contributed by atoms with Crippen molar-refractivity contribution in [1.29, 1.82) is 0 Å². The number of aromatic nitrogens is 2. The van der Waals surface area contributed by atoms with Crippen molar-refractivity contribution in [2.45, 2.75) is 31.3 Å². The molecule has 1 aromatic carbocycles. The Morgan fingerprint density at radius 2 is 1.89 bits per heavy atom. The van der Waals surface area contributed by atoms with Crippen molar-refractivity contribution in [2.24, 2.45) is 0 Å². The number of nitrogens with one attached hydrogen (secondary N) is 1. The van der Waals surface area contributed by atoms with E-state index in [0.29, 0.717) is 0 Å². The highest BCUT2D eigenvalue weighted by Crippen LogP contribution is 2.20. The average Bonchev–Trinajstić information content (AvgIpc) is 2.45. The lowest BCUT2D eigenvalue weighted by atomic mass is 10.1. The van der Waals surface area contributed by atoms with Gasteiger partial charge in [0, 0.05) is 30.3 Å². The van der Waals surface area contributed by atoms with E-state index in [9.17, 15) is 0 Å². The van der Waals surface area contributed by atoms with E-state index < -0.39 is 0 Å². The Balaban J connectivity index is 1.91. The van der Waals surface area contributed by atoms with Crippen LogP contribution in [0.4, 0.5) is 0 Å². The van der Waals surface area contributed by atoms with Crippen molar-refractivity contribution in [3.05, 3.63) is 53.3 Å². The van der Waals surface area contributed by atoms with E-state index in [0.717, 1.165) is 29.6 Å². The summed E-state index contributed by atoms with van der Waals surface area (Å²) in [6.45, 7) is 6.02. The molecule has 0 amide bonds. The van der Waals surface area contributed by atoms with Crippen LogP contribution in [-0.4, -0.2) is 16.5 Å². The third-order valence-corrected chi connectivity index (χ3v) is 3.80. The molecular formula is C15H19N3S. The molecule has 0 fully saturated rings. The smallest absolute Gasteiger partial charge is 0.187 e. The van der Waals surface area contributed by atoms with Gasteiger partial charge in [0.05, 0.1) is 0 Å². The van der Waals surface area contributed by atoms with Crippen molar-refractivity contribution in [3.8, 4) is 0 Å². The van der Waals surface area contributed by atoms with Gasteiger partial charge in [-0.3, -0.25) is 0 Å². The molecule has 0 aliphatic carbocycles. The number of benzene rings is 1. The number of rotatable bonds is 6. The van der Waals surface area contributed by atoms with Gasteiger partial charge in [-0.15, -0.1) is 0 Å². The fourth-order valence-corrected chi connectivity index (χ4v) is 2.56. The summed E-state index contributed by atoms with van der Waals surface area (Å²) >= 11 is 1.68. The van der Waals surface area contributed by atoms with Gasteiger partial charge >= 0.3 is 0 Å². The van der Waals surface area contributed by atoms with Crippen LogP contribution in [0, 0.1) is 6.92 Å². The molecule has 4 heteroatoms. The predicted molar refractivity (Wildman–Crippen MR) is 80.2 cm³/mol. The van der Waals surface area contributed by atoms with Gasteiger partial charge in [0.1, 0.15) is 0 Å². The highest BCUT2D eigenvalue weighted by atomic mass is 32.2. The van der Waals surface area contributed by atoms with Crippen molar-refractivity contribution in [2.75, 3.05) is 6.54 Å². The summed E-state index contributed by atoms with van der Waals surface area (Å²) in [5.74, 6) is 0.916. The number of nitrogens with zero attached hydrogens (tertiary/aromatic N) is 2. The second kappa shape index (κ2) is 7.26. The summed E-state index contributed by atoms with van der Waals surface area (Å²) in [4.78, 5) is 8.78. The number of hydrogen-bond donors (Lipinski definition) is 1. The van der Waals surface area contributed by atoms with Gasteiger partial charge in [0.15, 0.2) is 5.16 Å². The molecule has 0 unspecified atom stereocenters. The van der Waals surface area contributed by atoms with Gasteiger partial charge in [0.25, 0.3) is 0 Å². The van der Waals surface area contributed by atoms with E-state index in [1.54, 1.807) is 11.8 Å². The van der Waals surface area contributed by atoms with Crippen molar-refractivity contribution in [1.82, 2.24) is 15.3 Å². The van der Waals surface area contributed by atoms with Crippen LogP contribution in [0.5, 0.6) is 0 Å². The van der Waals surface area contributed by atoms with Gasteiger partial charge in [-0.25, -0.2) is 9.97 Å². The summed E-state index contributed by atoms with van der Waals surface area (Å²) in [5.41, 5.74) is 3.79. The summed E-state index contributed by atoms with van der Waals surface area (Å²) < 4.78 is 0. The summed E-state index contributed by atoms with van der Waals surface area (Å²) in [6.07, 6.45) is 3.80. The molecule has 3 nitrogen and oxygen atoms in total. The minimum absolute atomic E-state index is 0.833. The van der Waals surface area contributed by atoms with Crippen LogP contribution in [-0.2, 0) is 12.3 Å². The zero-order chi connectivity index (χ0) is 13.5. The molecule has 1 heterocycles. The van der Waals surface area contributed by atoms with E-state index in [-0.39, 0.29) is 0 Å². The van der Waals surface area contributed by atoms with E-state index >= 15 is 0 Å². The minimum atomic E-state index is 0.833. The van der Waals surface area contributed by atoms with Crippen molar-refractivity contribution in [3.63, 3.8) is 0 Å². The molecule has 2 rings (SSSR count). The Hall–Kier alpha value is -1.39. The Kier molecular flexibility index (Phi) is 5.36. The second-order valence-electron chi connectivity index (χ2n) is 4.37. The third kappa shape index (κ3) is 4.33. The van der Waals surface area contributed by atoms with Gasteiger partial charge in [-0.05, 0) is 24.6 Å². The lowest BCUT2D eigenvalue weighted by molar-refractivity contribution is 0.716. The van der Waals surface area contributed by atoms with Crippen LogP contribution in [0.25, 0.3) is 0 Å². The topological polar surface area (TPSA) is 37.8 Å². The molecule has 0 radical (unpaired) electrons. The molecule has 0 aliphatic heterocycles. The van der Waals surface area contributed by atoms with Crippen molar-refractivity contribution >= 4 is 11.8 Å². The van der Waals surface area contributed by atoms with Gasteiger partial charge < -0.3 is 5.32 Å². The molecule has 0 spiro atoms. The zero-order valence-corrected chi connectivity index (χ0v) is 12.2. The molecule has 0 bridgehead atoms. The van der Waals surface area contributed by atoms with Gasteiger partial charge in [-0.2, -0.15) is 0 Å². The molecular weight excluding hydrogens is 254 g/mol. The largest absolute Gasteiger partial charge is 0.313 e. The first-order valence-electron chi connectivity index (χ1n) is 6.48. The average molecular weight is 273 g/mol. The Bertz CT molecular complexity index is 511. The maximum Gasteiger partial charge on any atom is 0.187 e. The second-order valence-corrected chi connectivity index (χ2v) is 5.31. The normalized spacial score (nSPS) is 10.6. The van der Waals surface area contributed by atoms with Gasteiger partial charge in [-0.1, -0.05) is 43.0 Å². The summed E-state index contributed by atoms with van der Waals surface area (Å²) in [7, 11) is 0.